The second-order valence-electron chi connectivity index (χ2n) is 9.45. The summed E-state index contributed by atoms with van der Waals surface area (Å²) in [7, 11) is 0. The second-order valence-corrected chi connectivity index (χ2v) is 9.45. The highest BCUT2D eigenvalue weighted by molar-refractivity contribution is 5.85. The molecule has 2 aromatic rings. The van der Waals surface area contributed by atoms with Crippen LogP contribution in [-0.2, 0) is 0 Å². The number of halogens is 2. The zero-order chi connectivity index (χ0) is 21.1. The van der Waals surface area contributed by atoms with Crippen molar-refractivity contribution in [1.29, 1.82) is 0 Å². The summed E-state index contributed by atoms with van der Waals surface area (Å²) in [5.41, 5.74) is 0.702. The van der Waals surface area contributed by atoms with Crippen LogP contribution in [0, 0.1) is 29.4 Å². The van der Waals surface area contributed by atoms with Gasteiger partial charge in [-0.2, -0.15) is 0 Å². The van der Waals surface area contributed by atoms with Gasteiger partial charge in [-0.05, 0) is 84.9 Å². The largest absolute Gasteiger partial charge is 0.489 e. The Morgan fingerprint density at radius 1 is 1.00 bits per heavy atom. The molecule has 2 aliphatic carbocycles. The molecule has 0 spiro atoms. The predicted octanol–water partition coefficient (Wildman–Crippen LogP) is 8.17. The molecule has 30 heavy (non-hydrogen) atoms. The van der Waals surface area contributed by atoms with Crippen molar-refractivity contribution in [3.05, 3.63) is 54.1 Å². The smallest absolute Gasteiger partial charge is 0.134 e. The Balaban J connectivity index is 1.50. The van der Waals surface area contributed by atoms with Gasteiger partial charge < -0.3 is 4.74 Å². The van der Waals surface area contributed by atoms with Crippen molar-refractivity contribution in [1.82, 2.24) is 0 Å². The summed E-state index contributed by atoms with van der Waals surface area (Å²) in [5, 5.41) is 1.04. The molecule has 2 aromatic carbocycles. The zero-order valence-corrected chi connectivity index (χ0v) is 18.1. The Morgan fingerprint density at radius 2 is 1.80 bits per heavy atom. The number of unbranched alkanes of at least 4 members (excludes halogenated alkanes) is 1. The minimum atomic E-state index is -0.349. The molecule has 4 atom stereocenters. The summed E-state index contributed by atoms with van der Waals surface area (Å²) in [4.78, 5) is 0. The average Bonchev–Trinajstić information content (AvgIpc) is 2.75. The molecule has 2 fully saturated rings. The van der Waals surface area contributed by atoms with Gasteiger partial charge in [-0.3, -0.25) is 0 Å². The standard InChI is InChI=1S/C27H34F2O/c1-3-5-6-18-7-8-20-13-21(10-9-19(20)12-18)24-17-25-22(15-26(24)28)14-23(16-27(25)29)30-11-4-2/h4,14-21H,2-3,5-13H2,1H3. The first-order valence-electron chi connectivity index (χ1n) is 11.8. The fraction of sp³-hybridized carbons (Fsp3) is 0.556. The molecule has 0 aliphatic heterocycles. The van der Waals surface area contributed by atoms with Crippen LogP contribution in [0.25, 0.3) is 10.8 Å². The number of benzene rings is 2. The van der Waals surface area contributed by atoms with E-state index in [-0.39, 0.29) is 17.6 Å². The fourth-order valence-electron chi connectivity index (χ4n) is 5.90. The normalized spacial score (nSPS) is 26.4. The maximum Gasteiger partial charge on any atom is 0.134 e. The first-order chi connectivity index (χ1) is 14.6. The number of hydrogen-bond acceptors (Lipinski definition) is 1. The van der Waals surface area contributed by atoms with E-state index in [2.05, 4.69) is 13.5 Å². The molecule has 1 nitrogen and oxygen atoms in total. The molecule has 0 heterocycles. The summed E-state index contributed by atoms with van der Waals surface area (Å²) >= 11 is 0. The van der Waals surface area contributed by atoms with Crippen molar-refractivity contribution in [2.45, 2.75) is 70.6 Å². The van der Waals surface area contributed by atoms with Gasteiger partial charge in [0.2, 0.25) is 0 Å². The van der Waals surface area contributed by atoms with E-state index in [0.717, 1.165) is 24.7 Å². The van der Waals surface area contributed by atoms with Crippen LogP contribution in [0.3, 0.4) is 0 Å². The summed E-state index contributed by atoms with van der Waals surface area (Å²) in [6.07, 6.45) is 12.8. The molecule has 4 rings (SSSR count). The monoisotopic (exact) mass is 412 g/mol. The Labute approximate surface area is 179 Å². The lowest BCUT2D eigenvalue weighted by atomic mass is 9.63. The Kier molecular flexibility index (Phi) is 6.75. The molecule has 162 valence electrons. The van der Waals surface area contributed by atoms with E-state index in [0.29, 0.717) is 34.6 Å². The maximum atomic E-state index is 15.1. The molecular weight excluding hydrogens is 378 g/mol. The van der Waals surface area contributed by atoms with Crippen molar-refractivity contribution in [2.24, 2.45) is 17.8 Å². The van der Waals surface area contributed by atoms with E-state index in [1.54, 1.807) is 18.2 Å². The Hall–Kier alpha value is -1.90. The third-order valence-electron chi connectivity index (χ3n) is 7.49. The van der Waals surface area contributed by atoms with Gasteiger partial charge in [0.05, 0.1) is 0 Å². The Morgan fingerprint density at radius 3 is 2.60 bits per heavy atom. The minimum Gasteiger partial charge on any atom is -0.489 e. The molecular formula is C27H34F2O. The SMILES string of the molecule is C=CCOc1cc(F)c2cc(C3CCC4CC(CCCC)CCC4C3)c(F)cc2c1. The molecule has 0 aromatic heterocycles. The van der Waals surface area contributed by atoms with Crippen molar-refractivity contribution < 1.29 is 13.5 Å². The molecule has 0 N–H and O–H groups in total. The van der Waals surface area contributed by atoms with Crippen molar-refractivity contribution >= 4 is 10.8 Å². The van der Waals surface area contributed by atoms with E-state index >= 15 is 4.39 Å². The summed E-state index contributed by atoms with van der Waals surface area (Å²) in [6, 6.07) is 6.35. The highest BCUT2D eigenvalue weighted by Gasteiger charge is 2.36. The van der Waals surface area contributed by atoms with Crippen LogP contribution < -0.4 is 4.74 Å². The van der Waals surface area contributed by atoms with Crippen LogP contribution in [0.5, 0.6) is 5.75 Å². The van der Waals surface area contributed by atoms with Crippen LogP contribution in [0.2, 0.25) is 0 Å². The van der Waals surface area contributed by atoms with Crippen molar-refractivity contribution in [3.63, 3.8) is 0 Å². The molecule has 0 amide bonds. The van der Waals surface area contributed by atoms with Gasteiger partial charge in [0.15, 0.2) is 0 Å². The first kappa shape index (κ1) is 21.3. The van der Waals surface area contributed by atoms with Crippen LogP contribution in [0.4, 0.5) is 8.78 Å². The molecule has 2 saturated carbocycles. The van der Waals surface area contributed by atoms with Gasteiger partial charge in [0.25, 0.3) is 0 Å². The zero-order valence-electron chi connectivity index (χ0n) is 18.1. The number of hydrogen-bond donors (Lipinski definition) is 0. The lowest BCUT2D eigenvalue weighted by Crippen LogP contribution is -2.30. The number of rotatable bonds is 7. The van der Waals surface area contributed by atoms with Gasteiger partial charge in [-0.25, -0.2) is 8.78 Å². The predicted molar refractivity (Wildman–Crippen MR) is 120 cm³/mol. The molecule has 2 aliphatic rings. The lowest BCUT2D eigenvalue weighted by molar-refractivity contribution is 0.112. The number of ether oxygens (including phenoxy) is 1. The summed E-state index contributed by atoms with van der Waals surface area (Å²) in [5.74, 6) is 2.47. The van der Waals surface area contributed by atoms with Gasteiger partial charge in [-0.1, -0.05) is 45.3 Å². The summed E-state index contributed by atoms with van der Waals surface area (Å²) < 4.78 is 35.2. The summed E-state index contributed by atoms with van der Waals surface area (Å²) in [6.45, 7) is 6.18. The van der Waals surface area contributed by atoms with Gasteiger partial charge in [0, 0.05) is 11.5 Å². The van der Waals surface area contributed by atoms with Crippen molar-refractivity contribution in [2.75, 3.05) is 6.61 Å². The molecule has 0 saturated heterocycles. The van der Waals surface area contributed by atoms with E-state index in [1.165, 1.54) is 57.1 Å². The molecule has 0 bridgehead atoms. The lowest BCUT2D eigenvalue weighted by Gasteiger charge is -2.42. The van der Waals surface area contributed by atoms with E-state index in [9.17, 15) is 4.39 Å². The fourth-order valence-corrected chi connectivity index (χ4v) is 5.90. The van der Waals surface area contributed by atoms with E-state index in [1.807, 2.05) is 0 Å². The van der Waals surface area contributed by atoms with Crippen LogP contribution in [0.15, 0.2) is 36.9 Å². The van der Waals surface area contributed by atoms with Gasteiger partial charge in [-0.15, -0.1) is 0 Å². The van der Waals surface area contributed by atoms with Crippen LogP contribution >= 0.6 is 0 Å². The average molecular weight is 413 g/mol. The minimum absolute atomic E-state index is 0.206. The number of fused-ring (bicyclic) bond motifs is 2. The Bertz CT molecular complexity index is 890. The highest BCUT2D eigenvalue weighted by Crippen LogP contribution is 2.49. The van der Waals surface area contributed by atoms with E-state index in [4.69, 9.17) is 4.74 Å². The molecule has 4 unspecified atom stereocenters. The van der Waals surface area contributed by atoms with Crippen LogP contribution in [0.1, 0.15) is 76.2 Å². The topological polar surface area (TPSA) is 9.23 Å². The van der Waals surface area contributed by atoms with Crippen molar-refractivity contribution in [3.8, 4) is 5.75 Å². The van der Waals surface area contributed by atoms with Gasteiger partial charge >= 0.3 is 0 Å². The third kappa shape index (κ3) is 4.55. The van der Waals surface area contributed by atoms with Crippen LogP contribution in [-0.4, -0.2) is 6.61 Å². The van der Waals surface area contributed by atoms with E-state index < -0.39 is 0 Å². The maximum absolute atomic E-state index is 15.1. The van der Waals surface area contributed by atoms with Gasteiger partial charge in [0.1, 0.15) is 24.0 Å². The first-order valence-corrected chi connectivity index (χ1v) is 11.8. The molecule has 3 heteroatoms. The highest BCUT2D eigenvalue weighted by atomic mass is 19.1. The quantitative estimate of drug-likeness (QED) is 0.417. The second kappa shape index (κ2) is 9.49. The molecule has 0 radical (unpaired) electrons. The third-order valence-corrected chi connectivity index (χ3v) is 7.49.